The SMILES string of the molecule is Cc1cccc(C=CC(=O)NCC2(O)CCC(C)CC2)c1. The van der Waals surface area contributed by atoms with Crippen LogP contribution >= 0.6 is 0 Å². The molecule has 0 radical (unpaired) electrons. The Morgan fingerprint density at radius 2 is 2.14 bits per heavy atom. The van der Waals surface area contributed by atoms with E-state index < -0.39 is 5.60 Å². The fourth-order valence-corrected chi connectivity index (χ4v) is 2.73. The molecule has 21 heavy (non-hydrogen) atoms. The van der Waals surface area contributed by atoms with Gasteiger partial charge >= 0.3 is 0 Å². The quantitative estimate of drug-likeness (QED) is 0.836. The van der Waals surface area contributed by atoms with Gasteiger partial charge in [0.1, 0.15) is 0 Å². The predicted molar refractivity (Wildman–Crippen MR) is 85.8 cm³/mol. The molecule has 0 atom stereocenters. The Balaban J connectivity index is 1.82. The fraction of sp³-hybridized carbons (Fsp3) is 0.500. The van der Waals surface area contributed by atoms with Crippen molar-refractivity contribution in [2.24, 2.45) is 5.92 Å². The lowest BCUT2D eigenvalue weighted by molar-refractivity contribution is -0.118. The second-order valence-electron chi connectivity index (χ2n) is 6.37. The summed E-state index contributed by atoms with van der Waals surface area (Å²) in [4.78, 5) is 11.8. The smallest absolute Gasteiger partial charge is 0.244 e. The number of nitrogens with one attached hydrogen (secondary N) is 1. The predicted octanol–water partition coefficient (Wildman–Crippen LogP) is 3.07. The highest BCUT2D eigenvalue weighted by Gasteiger charge is 2.31. The van der Waals surface area contributed by atoms with E-state index in [1.54, 1.807) is 6.08 Å². The Kier molecular flexibility index (Phi) is 5.18. The molecular weight excluding hydrogens is 262 g/mol. The zero-order valence-electron chi connectivity index (χ0n) is 12.9. The van der Waals surface area contributed by atoms with Gasteiger partial charge in [0.05, 0.1) is 5.60 Å². The molecule has 0 spiro atoms. The van der Waals surface area contributed by atoms with E-state index in [0.29, 0.717) is 12.5 Å². The summed E-state index contributed by atoms with van der Waals surface area (Å²) in [5, 5.41) is 13.2. The Morgan fingerprint density at radius 1 is 1.43 bits per heavy atom. The summed E-state index contributed by atoms with van der Waals surface area (Å²) >= 11 is 0. The monoisotopic (exact) mass is 287 g/mol. The molecule has 0 bridgehead atoms. The molecule has 0 saturated heterocycles. The van der Waals surface area contributed by atoms with Gasteiger partial charge in [-0.15, -0.1) is 0 Å². The summed E-state index contributed by atoms with van der Waals surface area (Å²) in [5.74, 6) is 0.533. The van der Waals surface area contributed by atoms with Gasteiger partial charge in [0, 0.05) is 12.6 Å². The van der Waals surface area contributed by atoms with E-state index in [1.165, 1.54) is 11.6 Å². The lowest BCUT2D eigenvalue weighted by Gasteiger charge is -2.34. The molecule has 0 aromatic heterocycles. The van der Waals surface area contributed by atoms with Crippen molar-refractivity contribution in [3.8, 4) is 0 Å². The van der Waals surface area contributed by atoms with Crippen molar-refractivity contribution in [3.63, 3.8) is 0 Å². The standard InChI is InChI=1S/C18H25NO2/c1-14-8-10-18(21,11-9-14)13-19-17(20)7-6-16-5-3-4-15(2)12-16/h3-7,12,14,21H,8-11,13H2,1-2H3,(H,19,20). The van der Waals surface area contributed by atoms with Crippen LogP contribution in [0.5, 0.6) is 0 Å². The Morgan fingerprint density at radius 3 is 2.81 bits per heavy atom. The van der Waals surface area contributed by atoms with E-state index in [4.69, 9.17) is 0 Å². The molecule has 2 rings (SSSR count). The number of carbonyl (C=O) groups excluding carboxylic acids is 1. The molecule has 2 N–H and O–H groups in total. The van der Waals surface area contributed by atoms with Crippen LogP contribution in [0.4, 0.5) is 0 Å². The van der Waals surface area contributed by atoms with Crippen molar-refractivity contribution in [1.82, 2.24) is 5.32 Å². The zero-order chi connectivity index (χ0) is 15.3. The summed E-state index contributed by atoms with van der Waals surface area (Å²) in [6, 6.07) is 7.99. The van der Waals surface area contributed by atoms with Crippen molar-refractivity contribution in [3.05, 3.63) is 41.5 Å². The number of carbonyl (C=O) groups is 1. The van der Waals surface area contributed by atoms with E-state index in [0.717, 1.165) is 31.2 Å². The molecule has 3 heteroatoms. The summed E-state index contributed by atoms with van der Waals surface area (Å²) < 4.78 is 0. The van der Waals surface area contributed by atoms with Gasteiger partial charge in [-0.2, -0.15) is 0 Å². The van der Waals surface area contributed by atoms with Crippen LogP contribution in [-0.2, 0) is 4.79 Å². The van der Waals surface area contributed by atoms with Crippen molar-refractivity contribution in [2.75, 3.05) is 6.54 Å². The second-order valence-corrected chi connectivity index (χ2v) is 6.37. The van der Waals surface area contributed by atoms with Gasteiger partial charge in [-0.25, -0.2) is 0 Å². The highest BCUT2D eigenvalue weighted by molar-refractivity contribution is 5.91. The molecule has 1 saturated carbocycles. The number of hydrogen-bond acceptors (Lipinski definition) is 2. The van der Waals surface area contributed by atoms with Crippen molar-refractivity contribution in [1.29, 1.82) is 0 Å². The second kappa shape index (κ2) is 6.90. The third-order valence-electron chi connectivity index (χ3n) is 4.27. The molecule has 3 nitrogen and oxygen atoms in total. The van der Waals surface area contributed by atoms with Gasteiger partial charge in [0.25, 0.3) is 0 Å². The first kappa shape index (κ1) is 15.8. The maximum Gasteiger partial charge on any atom is 0.244 e. The van der Waals surface area contributed by atoms with Crippen LogP contribution in [0, 0.1) is 12.8 Å². The maximum absolute atomic E-state index is 11.8. The maximum atomic E-state index is 11.8. The van der Waals surface area contributed by atoms with E-state index in [1.807, 2.05) is 31.2 Å². The average molecular weight is 287 g/mol. The van der Waals surface area contributed by atoms with Crippen LogP contribution < -0.4 is 5.32 Å². The van der Waals surface area contributed by atoms with Crippen molar-refractivity contribution >= 4 is 12.0 Å². The van der Waals surface area contributed by atoms with E-state index in [-0.39, 0.29) is 5.91 Å². The molecule has 0 heterocycles. The molecule has 1 aliphatic rings. The van der Waals surface area contributed by atoms with Crippen LogP contribution in [0.1, 0.15) is 43.7 Å². The van der Waals surface area contributed by atoms with Crippen LogP contribution in [-0.4, -0.2) is 23.2 Å². The average Bonchev–Trinajstić information content (AvgIpc) is 2.47. The lowest BCUT2D eigenvalue weighted by atomic mass is 9.79. The van der Waals surface area contributed by atoms with Gasteiger partial charge in [0.2, 0.25) is 5.91 Å². The van der Waals surface area contributed by atoms with Gasteiger partial charge in [-0.05, 0) is 50.2 Å². The number of hydrogen-bond donors (Lipinski definition) is 2. The summed E-state index contributed by atoms with van der Waals surface area (Å²) in [6.07, 6.45) is 6.95. The molecule has 1 aromatic rings. The zero-order valence-corrected chi connectivity index (χ0v) is 12.9. The first-order valence-electron chi connectivity index (χ1n) is 7.72. The minimum absolute atomic E-state index is 0.149. The Labute approximate surface area is 127 Å². The number of aliphatic hydroxyl groups is 1. The lowest BCUT2D eigenvalue weighted by Crippen LogP contribution is -2.44. The topological polar surface area (TPSA) is 49.3 Å². The molecule has 1 fully saturated rings. The molecule has 0 aliphatic heterocycles. The highest BCUT2D eigenvalue weighted by Crippen LogP contribution is 2.31. The normalized spacial score (nSPS) is 26.0. The Hall–Kier alpha value is -1.61. The third-order valence-corrected chi connectivity index (χ3v) is 4.27. The molecule has 1 amide bonds. The molecule has 1 aromatic carbocycles. The first-order valence-corrected chi connectivity index (χ1v) is 7.72. The summed E-state index contributed by atoms with van der Waals surface area (Å²) in [5.41, 5.74) is 1.46. The summed E-state index contributed by atoms with van der Waals surface area (Å²) in [6.45, 7) is 4.58. The van der Waals surface area contributed by atoms with Crippen LogP contribution in [0.25, 0.3) is 6.08 Å². The number of aryl methyl sites for hydroxylation is 1. The molecular formula is C18H25NO2. The van der Waals surface area contributed by atoms with Crippen LogP contribution in [0.2, 0.25) is 0 Å². The van der Waals surface area contributed by atoms with Crippen molar-refractivity contribution in [2.45, 2.75) is 45.1 Å². The first-order chi connectivity index (χ1) is 9.97. The third kappa shape index (κ3) is 5.01. The molecule has 114 valence electrons. The van der Waals surface area contributed by atoms with Crippen molar-refractivity contribution < 1.29 is 9.90 Å². The van der Waals surface area contributed by atoms with Crippen LogP contribution in [0.15, 0.2) is 30.3 Å². The van der Waals surface area contributed by atoms with Gasteiger partial charge in [0.15, 0.2) is 0 Å². The number of amides is 1. The van der Waals surface area contributed by atoms with Crippen LogP contribution in [0.3, 0.4) is 0 Å². The largest absolute Gasteiger partial charge is 0.388 e. The van der Waals surface area contributed by atoms with E-state index >= 15 is 0 Å². The van der Waals surface area contributed by atoms with E-state index in [9.17, 15) is 9.90 Å². The molecule has 0 unspecified atom stereocenters. The fourth-order valence-electron chi connectivity index (χ4n) is 2.73. The minimum Gasteiger partial charge on any atom is -0.388 e. The molecule has 1 aliphatic carbocycles. The number of benzene rings is 1. The number of rotatable bonds is 4. The summed E-state index contributed by atoms with van der Waals surface area (Å²) in [7, 11) is 0. The van der Waals surface area contributed by atoms with Gasteiger partial charge < -0.3 is 10.4 Å². The van der Waals surface area contributed by atoms with E-state index in [2.05, 4.69) is 12.2 Å². The van der Waals surface area contributed by atoms with Gasteiger partial charge in [-0.1, -0.05) is 36.8 Å². The Bertz CT molecular complexity index is 514. The van der Waals surface area contributed by atoms with Gasteiger partial charge in [-0.3, -0.25) is 4.79 Å². The highest BCUT2D eigenvalue weighted by atomic mass is 16.3. The minimum atomic E-state index is -0.723.